The van der Waals surface area contributed by atoms with Crippen LogP contribution in [0.4, 0.5) is 0 Å². The minimum Gasteiger partial charge on any atom is -0.458 e. The molecule has 0 radical (unpaired) electrons. The lowest BCUT2D eigenvalue weighted by atomic mass is 9.57. The molecule has 0 fully saturated rings. The molecule has 11 aromatic rings. The number of fused-ring (bicyclic) bond motifs is 7. The number of benzene rings is 10. The van der Waals surface area contributed by atoms with Gasteiger partial charge in [0, 0.05) is 21.4 Å². The number of para-hydroxylation sites is 2. The average Bonchev–Trinajstić information content (AvgIpc) is 1.03. The third-order valence-electron chi connectivity index (χ3n) is 12.0. The maximum absolute atomic E-state index is 10.3. The van der Waals surface area contributed by atoms with E-state index >= 15 is 0 Å². The lowest BCUT2D eigenvalue weighted by Crippen LogP contribution is -2.75. The van der Waals surface area contributed by atoms with Crippen molar-refractivity contribution in [3.63, 3.8) is 0 Å². The lowest BCUT2D eigenvalue weighted by Gasteiger charge is -2.36. The van der Waals surface area contributed by atoms with Crippen molar-refractivity contribution in [3.05, 3.63) is 242 Å². The van der Waals surface area contributed by atoms with Crippen molar-refractivity contribution in [2.24, 2.45) is 0 Å². The summed E-state index contributed by atoms with van der Waals surface area (Å²) in [6.45, 7) is 0. The third kappa shape index (κ3) is 5.96. The Morgan fingerprint density at radius 1 is 0.462 bits per heavy atom. The van der Waals surface area contributed by atoms with Crippen molar-refractivity contribution in [1.29, 1.82) is 0 Å². The number of hydrogen-bond acceptors (Lipinski definition) is 2. The van der Waals surface area contributed by atoms with Crippen LogP contribution in [-0.4, -0.2) is 18.6 Å². The molecule has 0 aliphatic carbocycles. The van der Waals surface area contributed by atoms with Crippen LogP contribution in [0.25, 0.3) is 60.9 Å². The first-order chi connectivity index (χ1) is 41.0. The van der Waals surface area contributed by atoms with Gasteiger partial charge in [0.1, 0.15) is 11.5 Å². The van der Waals surface area contributed by atoms with Crippen molar-refractivity contribution in [2.75, 3.05) is 0 Å². The molecule has 3 heterocycles. The van der Waals surface area contributed by atoms with Crippen molar-refractivity contribution in [3.8, 4) is 50.6 Å². The summed E-state index contributed by atoms with van der Waals surface area (Å²) in [5, 5.41) is 2.84. The van der Waals surface area contributed by atoms with Gasteiger partial charge in [0.25, 0.3) is 5.99 Å². The largest absolute Gasteiger partial charge is 0.458 e. The monoisotopic (exact) mass is 882 g/mol. The molecule has 5 heteroatoms. The van der Waals surface area contributed by atoms with E-state index in [1.54, 1.807) is 12.1 Å². The van der Waals surface area contributed by atoms with Crippen LogP contribution in [0.1, 0.15) is 28.8 Å². The molecular weight excluding hydrogens is 822 g/mol. The van der Waals surface area contributed by atoms with Gasteiger partial charge < -0.3 is 9.30 Å². The molecule has 0 bridgehead atoms. The maximum atomic E-state index is 10.3. The average molecular weight is 883 g/mol. The first-order valence-corrected chi connectivity index (χ1v) is 23.5. The summed E-state index contributed by atoms with van der Waals surface area (Å²) in [6, 6.07) is 22.1. The number of ether oxygens (including phenoxy) is 1. The predicted octanol–water partition coefficient (Wildman–Crippen LogP) is 11.5. The minimum absolute atomic E-state index is 0.0155. The van der Waals surface area contributed by atoms with Gasteiger partial charge >= 0.3 is 0 Å². The second kappa shape index (κ2) is 15.3. The second-order valence-corrected chi connectivity index (χ2v) is 20.3. The topological polar surface area (TPSA) is 14.2 Å². The van der Waals surface area contributed by atoms with E-state index in [-0.39, 0.29) is 44.3 Å². The first-order valence-electron chi connectivity index (χ1n) is 31.2. The van der Waals surface area contributed by atoms with Crippen LogP contribution in [0.5, 0.6) is 11.5 Å². The zero-order chi connectivity index (χ0) is 61.2. The van der Waals surface area contributed by atoms with E-state index in [2.05, 4.69) is 0 Å². The molecule has 2 nitrogen and oxygen atoms in total. The summed E-state index contributed by atoms with van der Waals surface area (Å²) in [6.07, 6.45) is 0. The Morgan fingerprint density at radius 3 is 1.75 bits per heavy atom. The zero-order valence-corrected chi connectivity index (χ0v) is 35.6. The van der Waals surface area contributed by atoms with Crippen LogP contribution in [-0.2, 0) is 0 Å². The van der Waals surface area contributed by atoms with Gasteiger partial charge in [0.15, 0.2) is 8.07 Å². The van der Waals surface area contributed by atoms with Gasteiger partial charge in [-0.05, 0) is 113 Å². The number of nitrogens with zero attached hydrogens (tertiary/aromatic N) is 1. The summed E-state index contributed by atoms with van der Waals surface area (Å²) < 4.78 is 204. The third-order valence-corrected chi connectivity index (χ3v) is 18.1. The molecule has 2 aliphatic rings. The highest BCUT2D eigenvalue weighted by molar-refractivity contribution is 8.28. The van der Waals surface area contributed by atoms with Crippen molar-refractivity contribution < 1.29 is 33.5 Å². The molecular formula is C60H40BNOSSi. The molecule has 65 heavy (non-hydrogen) atoms. The van der Waals surface area contributed by atoms with Crippen LogP contribution in [0.3, 0.4) is 0 Å². The van der Waals surface area contributed by atoms with Gasteiger partial charge in [-0.3, -0.25) is 0 Å². The highest BCUT2D eigenvalue weighted by atomic mass is 32.2. The Labute approximate surface area is 414 Å². The molecule has 0 spiro atoms. The molecule has 0 atom stereocenters. The van der Waals surface area contributed by atoms with Crippen LogP contribution in [0.2, 0.25) is 0 Å². The van der Waals surface area contributed by atoms with Gasteiger partial charge in [-0.1, -0.05) is 194 Å². The SMILES string of the molecule is [2H]c1c([2H])c([2H])c2c(c1[2H])SB1c3c([2H])c([2H])c(-c4ccccc4[Si](c4ccccc4)(c4ccccc4)c4ccccc4)c([2H])c3Oc3c([2H])c(-c4c([2H])c([2H])c([2H])c(-n5c6c([2H])c([2H])c([2H])c([2H])c6c6c([2H])c([2H])c([2H])c([2H])c65)c4[2H])c([2H])c-2c31. The van der Waals surface area contributed by atoms with Gasteiger partial charge in [0.05, 0.1) is 39.8 Å². The molecule has 0 saturated heterocycles. The highest BCUT2D eigenvalue weighted by Crippen LogP contribution is 2.45. The van der Waals surface area contributed by atoms with Gasteiger partial charge in [0.2, 0.25) is 0 Å². The summed E-state index contributed by atoms with van der Waals surface area (Å²) in [7, 11) is -3.46. The van der Waals surface area contributed by atoms with E-state index in [1.807, 2.05) is 103 Å². The number of hydrogen-bond donors (Lipinski definition) is 0. The molecule has 1 aromatic heterocycles. The summed E-state index contributed by atoms with van der Waals surface area (Å²) >= 11 is 0.853. The van der Waals surface area contributed by atoms with E-state index in [4.69, 9.17) is 18.4 Å². The summed E-state index contributed by atoms with van der Waals surface area (Å²) in [5.74, 6) is -2.04. The Bertz CT molecular complexity index is 4680. The van der Waals surface area contributed by atoms with Crippen LogP contribution in [0.15, 0.2) is 247 Å². The van der Waals surface area contributed by atoms with Crippen LogP contribution in [0, 0.1) is 0 Å². The summed E-state index contributed by atoms with van der Waals surface area (Å²) in [5.41, 5.74) is -3.38. The normalized spacial score (nSPS) is 17.2. The highest BCUT2D eigenvalue weighted by Gasteiger charge is 2.43. The van der Waals surface area contributed by atoms with Crippen LogP contribution < -0.4 is 36.4 Å². The van der Waals surface area contributed by atoms with E-state index < -0.39 is 179 Å². The van der Waals surface area contributed by atoms with Crippen molar-refractivity contribution in [1.82, 2.24) is 4.57 Å². The van der Waals surface area contributed by atoms with Crippen molar-refractivity contribution >= 4 is 79.2 Å². The Balaban J connectivity index is 1.13. The molecule has 0 amide bonds. The van der Waals surface area contributed by atoms with E-state index in [0.29, 0.717) is 5.56 Å². The number of aromatic nitrogens is 1. The molecule has 13 rings (SSSR count). The maximum Gasteiger partial charge on any atom is 0.289 e. The van der Waals surface area contributed by atoms with Crippen LogP contribution >= 0.6 is 11.6 Å². The molecule has 0 unspecified atom stereocenters. The Kier molecular flexibility index (Phi) is 5.27. The van der Waals surface area contributed by atoms with Gasteiger partial charge in [-0.2, -0.15) is 11.6 Å². The van der Waals surface area contributed by atoms with Gasteiger partial charge in [-0.25, -0.2) is 0 Å². The molecule has 2 aliphatic heterocycles. The fourth-order valence-electron chi connectivity index (χ4n) is 9.29. The molecule has 304 valence electrons. The summed E-state index contributed by atoms with van der Waals surface area (Å²) in [4.78, 5) is -0.116. The lowest BCUT2D eigenvalue weighted by molar-refractivity contribution is 0.488. The second-order valence-electron chi connectivity index (χ2n) is 15.4. The molecule has 10 aromatic carbocycles. The zero-order valence-electron chi connectivity index (χ0n) is 54.8. The fourth-order valence-corrected chi connectivity index (χ4v) is 15.5. The molecule has 0 N–H and O–H groups in total. The Hall–Kier alpha value is -7.57. The van der Waals surface area contributed by atoms with Crippen molar-refractivity contribution in [2.45, 2.75) is 4.90 Å². The first kappa shape index (κ1) is 22.4. The van der Waals surface area contributed by atoms with E-state index in [9.17, 15) is 15.1 Å². The predicted molar refractivity (Wildman–Crippen MR) is 278 cm³/mol. The van der Waals surface area contributed by atoms with Gasteiger partial charge in [-0.15, -0.1) is 0 Å². The fraction of sp³-hybridized carbons (Fsp3) is 0. The minimum atomic E-state index is -3.46. The van der Waals surface area contributed by atoms with E-state index in [1.165, 1.54) is 0 Å². The Morgan fingerprint density at radius 2 is 1.06 bits per heavy atom. The smallest absolute Gasteiger partial charge is 0.289 e. The van der Waals surface area contributed by atoms with E-state index in [0.717, 1.165) is 36.9 Å². The quantitative estimate of drug-likeness (QED) is 0.117. The molecule has 0 saturated carbocycles. The number of rotatable bonds is 7. The standard InChI is InChI=1S/C60H40BNOSSi/c1-4-21-45(22-5-1)65(46-23-6-2-7-24-46,47-25-8-3-9-26-47)59-34-17-13-27-48(59)42-35-36-53-56(39-42)63-57-40-43(38-52-51-30-12-16-33-58(51)64-61(53)60(52)57)41-19-18-20-44(37-41)62-54-31-14-10-28-49(54)50-29-11-15-32-55(50)62/h1-40H/i10D,11D,12D,14D,15D,16D,18D,19D,20D,28D,29D,30D,31D,32D,33D,35D,36D,37D,38D,39D,40D.